The van der Waals surface area contributed by atoms with Crippen molar-refractivity contribution in [1.29, 1.82) is 0 Å². The van der Waals surface area contributed by atoms with Crippen LogP contribution < -0.4 is 0 Å². The van der Waals surface area contributed by atoms with Crippen molar-refractivity contribution in [1.82, 2.24) is 0 Å². The lowest BCUT2D eigenvalue weighted by Crippen LogP contribution is -2.58. The van der Waals surface area contributed by atoms with E-state index in [2.05, 4.69) is 94.5 Å². The molecule has 0 aromatic heterocycles. The Labute approximate surface area is 446 Å². The quantitative estimate of drug-likeness (QED) is 0.0942. The van der Waals surface area contributed by atoms with Gasteiger partial charge in [-0.25, -0.2) is 0 Å². The summed E-state index contributed by atoms with van der Waals surface area (Å²) in [6.07, 6.45) is 9.03. The van der Waals surface area contributed by atoms with Crippen molar-refractivity contribution in [2.24, 2.45) is 11.8 Å². The van der Waals surface area contributed by atoms with Gasteiger partial charge in [0, 0.05) is 45.1 Å². The van der Waals surface area contributed by atoms with Crippen molar-refractivity contribution in [3.63, 3.8) is 0 Å². The summed E-state index contributed by atoms with van der Waals surface area (Å²) in [6.45, 7) is 32.6. The van der Waals surface area contributed by atoms with Crippen LogP contribution in [0.25, 0.3) is 0 Å². The van der Waals surface area contributed by atoms with Gasteiger partial charge in [-0.2, -0.15) is 0 Å². The zero-order chi connectivity index (χ0) is 52.7. The summed E-state index contributed by atoms with van der Waals surface area (Å²) in [7, 11) is -4.22. The van der Waals surface area contributed by atoms with Crippen LogP contribution in [0.1, 0.15) is 153 Å². The summed E-state index contributed by atoms with van der Waals surface area (Å²) in [4.78, 5) is 0. The van der Waals surface area contributed by atoms with Crippen LogP contribution in [0.5, 0.6) is 0 Å². The molecule has 0 saturated carbocycles. The summed E-state index contributed by atoms with van der Waals surface area (Å²) >= 11 is 0. The van der Waals surface area contributed by atoms with Crippen molar-refractivity contribution in [3.8, 4) is 0 Å². The molecule has 11 unspecified atom stereocenters. The molecular weight excluding hydrogens is 973 g/mol. The first-order valence-corrected chi connectivity index (χ1v) is 37.5. The lowest BCUT2D eigenvalue weighted by Gasteiger charge is -2.47. The molecule has 18 atom stereocenters. The number of rotatable bonds is 19. The van der Waals surface area contributed by atoms with E-state index in [0.717, 1.165) is 97.6 Å². The maximum Gasteiger partial charge on any atom is 0.192 e. The van der Waals surface area contributed by atoms with Crippen molar-refractivity contribution < 1.29 is 56.6 Å². The van der Waals surface area contributed by atoms with Gasteiger partial charge in [0.1, 0.15) is 6.10 Å². The van der Waals surface area contributed by atoms with Gasteiger partial charge < -0.3 is 56.6 Å². The van der Waals surface area contributed by atoms with E-state index >= 15 is 0 Å². The van der Waals surface area contributed by atoms with Gasteiger partial charge >= 0.3 is 0 Å². The van der Waals surface area contributed by atoms with E-state index in [1.807, 2.05) is 7.11 Å². The Morgan fingerprint density at radius 2 is 1.33 bits per heavy atom. The maximum absolute atomic E-state index is 12.1. The van der Waals surface area contributed by atoms with E-state index in [-0.39, 0.29) is 85.1 Å². The minimum atomic E-state index is -2.11. The van der Waals surface area contributed by atoms with E-state index in [1.54, 1.807) is 0 Å². The standard InChI is InChI=1S/C58H104O12Si3/c1-14-71(15-2,16-3)62-38-45(69-72(17-4,18-5)19-6)34-52-55(61-13)46-33-42(59)25-23-24-26-49-57(70-73(20-7,21-8)22-9)54-36-53(65-49)56-47(60)37-58(67-54,68-56)30-29-44-32-40(11)48(63-44)28-27-43-31-39(10)41(12)50(64-43)35-51(46)66-52/h23-24,39,42-57,59-60H,11-12,14-22,25-38H2,1-10,13H3/b24-23+/t39?,42?,43?,44?,45?,46?,47?,48-,49-,50?,51-,52+,53+,54?,55+,56?,57?,58+/m0/s1. The smallest absolute Gasteiger partial charge is 0.192 e. The van der Waals surface area contributed by atoms with Crippen molar-refractivity contribution in [2.45, 2.75) is 304 Å². The lowest BCUT2D eigenvalue weighted by atomic mass is 9.81. The van der Waals surface area contributed by atoms with Crippen LogP contribution in [-0.2, 0) is 46.4 Å². The van der Waals surface area contributed by atoms with Gasteiger partial charge in [0.05, 0.1) is 92.1 Å². The van der Waals surface area contributed by atoms with Crippen LogP contribution in [0.3, 0.4) is 0 Å². The first kappa shape index (κ1) is 60.0. The van der Waals surface area contributed by atoms with Gasteiger partial charge in [0.2, 0.25) is 0 Å². The SMILES string of the molecule is C=C1C(C)CC2CC[C@@H]3OC(CC[C@]45CC(O)C(O4)[C@H]4CC(O5)C(O[Si](CC)(CC)CC)[C@H](C/C=C/CC(O)CC5[C@H](CC1O2)O[C@H](CC(CO[Si](CC)(CC)CC)O[Si](CC)(CC)CC)[C@@H]5OC)O4)CC3=C. The maximum atomic E-state index is 12.1. The van der Waals surface area contributed by atoms with Gasteiger partial charge in [0.15, 0.2) is 30.7 Å². The Morgan fingerprint density at radius 3 is 1.99 bits per heavy atom. The number of fused-ring (bicyclic) bond motifs is 9. The molecule has 12 nitrogen and oxygen atoms in total. The lowest BCUT2D eigenvalue weighted by molar-refractivity contribution is -0.256. The Kier molecular flexibility index (Phi) is 21.8. The van der Waals surface area contributed by atoms with Gasteiger partial charge in [-0.3, -0.25) is 0 Å². The average Bonchev–Trinajstić information content (AvgIpc) is 4.01. The molecule has 1 spiro atoms. The van der Waals surface area contributed by atoms with E-state index in [0.29, 0.717) is 58.0 Å². The molecule has 0 amide bonds. The van der Waals surface area contributed by atoms with E-state index in [4.69, 9.17) is 46.4 Å². The fraction of sp³-hybridized carbons (Fsp3) is 0.897. The Hall–Kier alpha value is -0.609. The first-order chi connectivity index (χ1) is 35.0. The predicted octanol–water partition coefficient (Wildman–Crippen LogP) is 12.1. The molecule has 420 valence electrons. The highest BCUT2D eigenvalue weighted by molar-refractivity contribution is 6.74. The summed E-state index contributed by atoms with van der Waals surface area (Å²) in [6, 6.07) is 9.51. The molecule has 15 heteroatoms. The molecule has 0 aromatic carbocycles. The monoisotopic (exact) mass is 1080 g/mol. The molecule has 7 aliphatic rings. The van der Waals surface area contributed by atoms with Gasteiger partial charge in [0.25, 0.3) is 0 Å². The fourth-order valence-corrected chi connectivity index (χ4v) is 22.7. The van der Waals surface area contributed by atoms with Crippen molar-refractivity contribution in [2.75, 3.05) is 13.7 Å². The molecule has 7 aliphatic heterocycles. The summed E-state index contributed by atoms with van der Waals surface area (Å²) < 4.78 is 70.7. The fourth-order valence-electron chi connectivity index (χ4n) is 14.3. The molecule has 0 aromatic rings. The highest BCUT2D eigenvalue weighted by atomic mass is 28.4. The molecule has 0 radical (unpaired) electrons. The van der Waals surface area contributed by atoms with Gasteiger partial charge in [-0.1, -0.05) is 94.5 Å². The second kappa shape index (κ2) is 26.6. The van der Waals surface area contributed by atoms with Crippen LogP contribution in [0.15, 0.2) is 36.5 Å². The van der Waals surface area contributed by atoms with E-state index in [9.17, 15) is 10.2 Å². The Morgan fingerprint density at radius 1 is 0.671 bits per heavy atom. The number of aliphatic hydroxyl groups excluding tert-OH is 2. The van der Waals surface area contributed by atoms with Crippen LogP contribution in [0.2, 0.25) is 54.4 Å². The van der Waals surface area contributed by atoms with E-state index < -0.39 is 49.1 Å². The number of methoxy groups -OCH3 is 1. The third-order valence-corrected chi connectivity index (χ3v) is 33.9. The van der Waals surface area contributed by atoms with Gasteiger partial charge in [-0.05, 0) is 123 Å². The molecule has 7 heterocycles. The molecule has 7 rings (SSSR count). The Bertz CT molecular complexity index is 1750. The van der Waals surface area contributed by atoms with Gasteiger partial charge in [-0.15, -0.1) is 0 Å². The minimum absolute atomic E-state index is 0.00653. The summed E-state index contributed by atoms with van der Waals surface area (Å²) in [5.41, 5.74) is 2.25. The number of hydrogen-bond acceptors (Lipinski definition) is 12. The van der Waals surface area contributed by atoms with Crippen molar-refractivity contribution >= 4 is 25.0 Å². The number of aliphatic hydroxyl groups is 2. The summed E-state index contributed by atoms with van der Waals surface area (Å²) in [5.74, 6) is -0.745. The van der Waals surface area contributed by atoms with E-state index in [1.165, 1.54) is 0 Å². The topological polar surface area (TPSA) is 133 Å². The second-order valence-electron chi connectivity index (χ2n) is 23.8. The second-order valence-corrected chi connectivity index (χ2v) is 38.0. The normalized spacial score (nSPS) is 39.8. The third kappa shape index (κ3) is 13.9. The molecular formula is C58H104O12Si3. The predicted molar refractivity (Wildman–Crippen MR) is 297 cm³/mol. The number of ether oxygens (including phenoxy) is 7. The molecule has 6 saturated heterocycles. The zero-order valence-electron chi connectivity index (χ0n) is 47.6. The Balaban J connectivity index is 1.19. The van der Waals surface area contributed by atoms with Crippen LogP contribution in [-0.4, -0.2) is 146 Å². The van der Waals surface area contributed by atoms with Crippen LogP contribution in [0, 0.1) is 11.8 Å². The molecule has 6 fully saturated rings. The first-order valence-electron chi connectivity index (χ1n) is 29.9. The number of hydrogen-bond donors (Lipinski definition) is 2. The molecule has 0 aliphatic carbocycles. The third-order valence-electron chi connectivity index (χ3n) is 19.9. The average molecular weight is 1080 g/mol. The van der Waals surface area contributed by atoms with Crippen LogP contribution in [0.4, 0.5) is 0 Å². The molecule has 9 bridgehead atoms. The summed E-state index contributed by atoms with van der Waals surface area (Å²) in [5, 5.41) is 23.7. The molecule has 73 heavy (non-hydrogen) atoms. The van der Waals surface area contributed by atoms with Crippen molar-refractivity contribution in [3.05, 3.63) is 36.5 Å². The highest BCUT2D eigenvalue weighted by Crippen LogP contribution is 2.49. The minimum Gasteiger partial charge on any atom is -0.414 e. The zero-order valence-corrected chi connectivity index (χ0v) is 50.6. The highest BCUT2D eigenvalue weighted by Gasteiger charge is 2.59. The largest absolute Gasteiger partial charge is 0.414 e. The molecule has 2 N–H and O–H groups in total. The van der Waals surface area contributed by atoms with Crippen LogP contribution >= 0.6 is 0 Å².